The van der Waals surface area contributed by atoms with Crippen LogP contribution in [0.4, 0.5) is 0 Å². The molecule has 2 aliphatic rings. The van der Waals surface area contributed by atoms with Crippen LogP contribution in [-0.4, -0.2) is 23.2 Å². The minimum atomic E-state index is -0.608. The predicted molar refractivity (Wildman–Crippen MR) is 53.8 cm³/mol. The maximum Gasteiger partial charge on any atom is 0.223 e. The van der Waals surface area contributed by atoms with Crippen LogP contribution in [0.2, 0.25) is 0 Å². The van der Waals surface area contributed by atoms with Crippen molar-refractivity contribution < 1.29 is 9.90 Å². The number of nitrogens with one attached hydrogen (secondary N) is 1. The lowest BCUT2D eigenvalue weighted by atomic mass is 9.85. The van der Waals surface area contributed by atoms with Crippen molar-refractivity contribution in [3.63, 3.8) is 0 Å². The van der Waals surface area contributed by atoms with Crippen LogP contribution in [0.5, 0.6) is 0 Å². The molecule has 0 unspecified atom stereocenters. The molecule has 2 saturated carbocycles. The van der Waals surface area contributed by atoms with Gasteiger partial charge in [-0.2, -0.15) is 0 Å². The fourth-order valence-electron chi connectivity index (χ4n) is 2.13. The van der Waals surface area contributed by atoms with Crippen molar-refractivity contribution in [2.75, 3.05) is 6.54 Å². The summed E-state index contributed by atoms with van der Waals surface area (Å²) in [4.78, 5) is 11.4. The molecule has 2 rings (SSSR count). The van der Waals surface area contributed by atoms with Crippen molar-refractivity contribution in [2.24, 2.45) is 5.92 Å². The molecule has 80 valence electrons. The minimum absolute atomic E-state index is 0.143. The summed E-state index contributed by atoms with van der Waals surface area (Å²) in [6.07, 6.45) is 7.16. The average molecular weight is 197 g/mol. The van der Waals surface area contributed by atoms with Gasteiger partial charge in [0.05, 0.1) is 5.60 Å². The molecule has 0 atom stereocenters. The van der Waals surface area contributed by atoms with Crippen LogP contribution in [-0.2, 0) is 4.79 Å². The van der Waals surface area contributed by atoms with Crippen LogP contribution >= 0.6 is 0 Å². The molecular weight excluding hydrogens is 178 g/mol. The zero-order chi connectivity index (χ0) is 10.0. The van der Waals surface area contributed by atoms with E-state index in [9.17, 15) is 9.90 Å². The van der Waals surface area contributed by atoms with Crippen molar-refractivity contribution in [1.82, 2.24) is 5.32 Å². The highest BCUT2D eigenvalue weighted by Crippen LogP contribution is 2.30. The Hall–Kier alpha value is -0.570. The first-order chi connectivity index (χ1) is 6.70. The maximum absolute atomic E-state index is 11.4. The van der Waals surface area contributed by atoms with Crippen LogP contribution in [0.3, 0.4) is 0 Å². The van der Waals surface area contributed by atoms with Crippen molar-refractivity contribution >= 4 is 5.91 Å². The third-order valence-corrected chi connectivity index (χ3v) is 3.32. The predicted octanol–water partition coefficient (Wildman–Crippen LogP) is 1.21. The lowest BCUT2D eigenvalue weighted by Crippen LogP contribution is -2.44. The summed E-state index contributed by atoms with van der Waals surface area (Å²) >= 11 is 0. The Morgan fingerprint density at radius 1 is 1.29 bits per heavy atom. The number of hydrogen-bond acceptors (Lipinski definition) is 2. The third-order valence-electron chi connectivity index (χ3n) is 3.32. The largest absolute Gasteiger partial charge is 0.388 e. The highest BCUT2D eigenvalue weighted by Gasteiger charge is 2.33. The van der Waals surface area contributed by atoms with E-state index in [2.05, 4.69) is 5.32 Å². The first-order valence-corrected chi connectivity index (χ1v) is 5.70. The lowest BCUT2D eigenvalue weighted by molar-refractivity contribution is -0.123. The van der Waals surface area contributed by atoms with E-state index in [1.807, 2.05) is 0 Å². The molecule has 0 aromatic heterocycles. The van der Waals surface area contributed by atoms with Crippen LogP contribution in [0, 0.1) is 5.92 Å². The Bertz CT molecular complexity index is 217. The second kappa shape index (κ2) is 3.89. The van der Waals surface area contributed by atoms with E-state index in [1.54, 1.807) is 0 Å². The second-order valence-corrected chi connectivity index (χ2v) is 4.78. The van der Waals surface area contributed by atoms with E-state index < -0.39 is 5.60 Å². The van der Waals surface area contributed by atoms with Gasteiger partial charge in [0.2, 0.25) is 5.91 Å². The van der Waals surface area contributed by atoms with Gasteiger partial charge in [-0.1, -0.05) is 19.3 Å². The quantitative estimate of drug-likeness (QED) is 0.714. The van der Waals surface area contributed by atoms with E-state index >= 15 is 0 Å². The number of amides is 1. The Labute approximate surface area is 84.9 Å². The van der Waals surface area contributed by atoms with Crippen LogP contribution < -0.4 is 5.32 Å². The van der Waals surface area contributed by atoms with E-state index in [1.165, 1.54) is 6.42 Å². The Balaban J connectivity index is 1.74. The molecule has 2 aliphatic carbocycles. The minimum Gasteiger partial charge on any atom is -0.388 e. The van der Waals surface area contributed by atoms with E-state index in [0.29, 0.717) is 6.54 Å². The lowest BCUT2D eigenvalue weighted by Gasteiger charge is -2.32. The molecule has 0 aliphatic heterocycles. The Kier molecular flexibility index (Phi) is 2.77. The Morgan fingerprint density at radius 2 is 1.93 bits per heavy atom. The van der Waals surface area contributed by atoms with E-state index in [-0.39, 0.29) is 11.8 Å². The molecule has 0 aromatic rings. The highest BCUT2D eigenvalue weighted by atomic mass is 16.3. The van der Waals surface area contributed by atoms with E-state index in [0.717, 1.165) is 38.5 Å². The fourth-order valence-corrected chi connectivity index (χ4v) is 2.13. The van der Waals surface area contributed by atoms with Crippen LogP contribution in [0.15, 0.2) is 0 Å². The van der Waals surface area contributed by atoms with Crippen molar-refractivity contribution in [2.45, 2.75) is 50.5 Å². The standard InChI is InChI=1S/C11H19NO2/c13-10(9-4-5-9)12-8-11(14)6-2-1-3-7-11/h9,14H,1-8H2,(H,12,13). The third kappa shape index (κ3) is 2.47. The number of aliphatic hydroxyl groups is 1. The normalized spacial score (nSPS) is 25.8. The van der Waals surface area contributed by atoms with Crippen molar-refractivity contribution in [3.8, 4) is 0 Å². The molecule has 2 N–H and O–H groups in total. The van der Waals surface area contributed by atoms with Gasteiger partial charge in [0, 0.05) is 12.5 Å². The SMILES string of the molecule is O=C(NCC1(O)CCCCC1)C1CC1. The van der Waals surface area contributed by atoms with Crippen molar-refractivity contribution in [3.05, 3.63) is 0 Å². The first-order valence-electron chi connectivity index (χ1n) is 5.70. The number of hydrogen-bond donors (Lipinski definition) is 2. The summed E-state index contributed by atoms with van der Waals surface area (Å²) in [7, 11) is 0. The molecule has 0 bridgehead atoms. The summed E-state index contributed by atoms with van der Waals surface area (Å²) in [6, 6.07) is 0. The fraction of sp³-hybridized carbons (Fsp3) is 0.909. The highest BCUT2D eigenvalue weighted by molar-refractivity contribution is 5.80. The van der Waals surface area contributed by atoms with Crippen LogP contribution in [0.25, 0.3) is 0 Å². The summed E-state index contributed by atoms with van der Waals surface area (Å²) in [5.74, 6) is 0.395. The van der Waals surface area contributed by atoms with Crippen LogP contribution in [0.1, 0.15) is 44.9 Å². The van der Waals surface area contributed by atoms with Gasteiger partial charge >= 0.3 is 0 Å². The summed E-state index contributed by atoms with van der Waals surface area (Å²) in [6.45, 7) is 0.461. The van der Waals surface area contributed by atoms with E-state index in [4.69, 9.17) is 0 Å². The average Bonchev–Trinajstić information content (AvgIpc) is 2.99. The second-order valence-electron chi connectivity index (χ2n) is 4.78. The maximum atomic E-state index is 11.4. The molecule has 2 fully saturated rings. The molecular formula is C11H19NO2. The Morgan fingerprint density at radius 3 is 2.50 bits per heavy atom. The summed E-state index contributed by atoms with van der Waals surface area (Å²) in [5.41, 5.74) is -0.608. The van der Waals surface area contributed by atoms with Crippen molar-refractivity contribution in [1.29, 1.82) is 0 Å². The van der Waals surface area contributed by atoms with Gasteiger partial charge in [-0.05, 0) is 25.7 Å². The number of rotatable bonds is 3. The van der Waals surface area contributed by atoms with Gasteiger partial charge in [0.1, 0.15) is 0 Å². The molecule has 0 spiro atoms. The number of carbonyl (C=O) groups is 1. The number of carbonyl (C=O) groups excluding carboxylic acids is 1. The van der Waals surface area contributed by atoms with Gasteiger partial charge in [-0.3, -0.25) is 4.79 Å². The zero-order valence-electron chi connectivity index (χ0n) is 8.59. The molecule has 0 heterocycles. The molecule has 14 heavy (non-hydrogen) atoms. The smallest absolute Gasteiger partial charge is 0.223 e. The van der Waals surface area contributed by atoms with Gasteiger partial charge < -0.3 is 10.4 Å². The molecule has 3 nitrogen and oxygen atoms in total. The summed E-state index contributed by atoms with van der Waals surface area (Å²) in [5, 5.41) is 13.0. The summed E-state index contributed by atoms with van der Waals surface area (Å²) < 4.78 is 0. The van der Waals surface area contributed by atoms with Gasteiger partial charge in [-0.25, -0.2) is 0 Å². The molecule has 3 heteroatoms. The topological polar surface area (TPSA) is 49.3 Å². The monoisotopic (exact) mass is 197 g/mol. The first kappa shape index (κ1) is 9.97. The zero-order valence-corrected chi connectivity index (χ0v) is 8.59. The van der Waals surface area contributed by atoms with Gasteiger partial charge in [0.25, 0.3) is 0 Å². The molecule has 0 saturated heterocycles. The molecule has 1 amide bonds. The van der Waals surface area contributed by atoms with Gasteiger partial charge in [-0.15, -0.1) is 0 Å². The van der Waals surface area contributed by atoms with Gasteiger partial charge in [0.15, 0.2) is 0 Å². The molecule has 0 aromatic carbocycles. The molecule has 0 radical (unpaired) electrons.